The van der Waals surface area contributed by atoms with Crippen molar-refractivity contribution >= 4 is 17.9 Å². The predicted octanol–water partition coefficient (Wildman–Crippen LogP) is 1.62. The Balaban J connectivity index is 4.52. The second kappa shape index (κ2) is 12.4. The van der Waals surface area contributed by atoms with E-state index in [0.717, 1.165) is 0 Å². The molecule has 1 unspecified atom stereocenters. The topological polar surface area (TPSA) is 117 Å². The summed E-state index contributed by atoms with van der Waals surface area (Å²) < 4.78 is 41.4. The maximum atomic E-state index is 12.2. The number of alkyl halides is 3. The number of hydrogen-bond acceptors (Lipinski definition) is 5. The van der Waals surface area contributed by atoms with Crippen LogP contribution in [0.4, 0.5) is 18.0 Å². The van der Waals surface area contributed by atoms with Gasteiger partial charge in [0, 0.05) is 19.7 Å². The van der Waals surface area contributed by atoms with Gasteiger partial charge in [-0.3, -0.25) is 9.59 Å². The second-order valence-electron chi connectivity index (χ2n) is 7.17. The number of nitrogens with one attached hydrogen (secondary N) is 3. The Kier molecular flexibility index (Phi) is 11.5. The average molecular weight is 413 g/mol. The van der Waals surface area contributed by atoms with Crippen LogP contribution in [0.25, 0.3) is 0 Å². The molecular formula is C17H30F3N3O5. The van der Waals surface area contributed by atoms with Crippen molar-refractivity contribution in [2.24, 2.45) is 0 Å². The summed E-state index contributed by atoms with van der Waals surface area (Å²) in [6.07, 6.45) is -3.99. The molecule has 11 heteroatoms. The van der Waals surface area contributed by atoms with Gasteiger partial charge in [0.25, 0.3) is 0 Å². The smallest absolute Gasteiger partial charge is 0.444 e. The van der Waals surface area contributed by atoms with Gasteiger partial charge in [-0.1, -0.05) is 0 Å². The molecule has 28 heavy (non-hydrogen) atoms. The molecule has 0 saturated carbocycles. The van der Waals surface area contributed by atoms with Crippen LogP contribution in [0.3, 0.4) is 0 Å². The first kappa shape index (κ1) is 26.0. The summed E-state index contributed by atoms with van der Waals surface area (Å²) in [7, 11) is 0. The number of hydrogen-bond donors (Lipinski definition) is 4. The first-order chi connectivity index (χ1) is 12.9. The van der Waals surface area contributed by atoms with Gasteiger partial charge >= 0.3 is 18.2 Å². The van der Waals surface area contributed by atoms with Crippen LogP contribution in [0.5, 0.6) is 0 Å². The molecule has 8 nitrogen and oxygen atoms in total. The number of alkyl carbamates (subject to hydrolysis) is 1. The molecular weight excluding hydrogens is 383 g/mol. The lowest BCUT2D eigenvalue weighted by molar-refractivity contribution is -0.173. The van der Waals surface area contributed by atoms with E-state index >= 15 is 0 Å². The Labute approximate surface area is 162 Å². The highest BCUT2D eigenvalue weighted by atomic mass is 19.4. The number of unbranched alkanes of at least 4 members (excludes halogenated alkanes) is 2. The van der Waals surface area contributed by atoms with E-state index in [2.05, 4.69) is 10.6 Å². The largest absolute Gasteiger partial charge is 0.471 e. The van der Waals surface area contributed by atoms with Crippen LogP contribution in [0.1, 0.15) is 52.9 Å². The lowest BCUT2D eigenvalue weighted by Crippen LogP contribution is -2.48. The Morgan fingerprint density at radius 3 is 2.07 bits per heavy atom. The second-order valence-corrected chi connectivity index (χ2v) is 7.17. The molecule has 0 heterocycles. The first-order valence-corrected chi connectivity index (χ1v) is 9.10. The molecule has 0 fully saturated rings. The monoisotopic (exact) mass is 413 g/mol. The molecule has 4 N–H and O–H groups in total. The van der Waals surface area contributed by atoms with E-state index in [4.69, 9.17) is 9.84 Å². The normalized spacial score (nSPS) is 12.8. The summed E-state index contributed by atoms with van der Waals surface area (Å²) in [4.78, 5) is 34.9. The molecule has 0 aromatic rings. The van der Waals surface area contributed by atoms with Crippen molar-refractivity contribution in [2.75, 3.05) is 19.7 Å². The van der Waals surface area contributed by atoms with Crippen LogP contribution in [0.15, 0.2) is 0 Å². The van der Waals surface area contributed by atoms with Crippen molar-refractivity contribution in [1.82, 2.24) is 16.0 Å². The number of aliphatic hydroxyl groups excluding tert-OH is 1. The number of amides is 3. The minimum absolute atomic E-state index is 0.000889. The van der Waals surface area contributed by atoms with Crippen molar-refractivity contribution in [1.29, 1.82) is 0 Å². The van der Waals surface area contributed by atoms with Crippen LogP contribution in [0.2, 0.25) is 0 Å². The number of halogens is 3. The van der Waals surface area contributed by atoms with Crippen molar-refractivity contribution in [3.63, 3.8) is 0 Å². The molecule has 0 radical (unpaired) electrons. The maximum Gasteiger partial charge on any atom is 0.471 e. The first-order valence-electron chi connectivity index (χ1n) is 9.10. The van der Waals surface area contributed by atoms with E-state index in [9.17, 15) is 27.6 Å². The fraction of sp³-hybridized carbons (Fsp3) is 0.824. The molecule has 1 atom stereocenters. The van der Waals surface area contributed by atoms with Crippen molar-refractivity contribution in [2.45, 2.75) is 70.7 Å². The van der Waals surface area contributed by atoms with Crippen LogP contribution in [-0.4, -0.2) is 60.5 Å². The van der Waals surface area contributed by atoms with Gasteiger partial charge in [0.15, 0.2) is 0 Å². The van der Waals surface area contributed by atoms with Crippen LogP contribution in [-0.2, 0) is 14.3 Å². The van der Waals surface area contributed by atoms with Crippen LogP contribution < -0.4 is 16.0 Å². The zero-order chi connectivity index (χ0) is 21.8. The molecule has 0 bridgehead atoms. The van der Waals surface area contributed by atoms with Gasteiger partial charge in [-0.15, -0.1) is 0 Å². The van der Waals surface area contributed by atoms with E-state index in [1.165, 1.54) is 0 Å². The highest BCUT2D eigenvalue weighted by molar-refractivity contribution is 5.85. The lowest BCUT2D eigenvalue weighted by atomic mass is 10.1. The number of ether oxygens (including phenoxy) is 1. The van der Waals surface area contributed by atoms with Crippen molar-refractivity contribution in [3.05, 3.63) is 0 Å². The third-order valence-corrected chi connectivity index (χ3v) is 3.35. The quantitative estimate of drug-likeness (QED) is 0.384. The Bertz CT molecular complexity index is 507. The van der Waals surface area contributed by atoms with Crippen molar-refractivity contribution < 1.29 is 37.4 Å². The van der Waals surface area contributed by atoms with Gasteiger partial charge in [0.1, 0.15) is 11.6 Å². The highest BCUT2D eigenvalue weighted by Gasteiger charge is 2.38. The van der Waals surface area contributed by atoms with Gasteiger partial charge in [-0.2, -0.15) is 13.2 Å². The third kappa shape index (κ3) is 13.2. The summed E-state index contributed by atoms with van der Waals surface area (Å²) in [6, 6.07) is -0.928. The van der Waals surface area contributed by atoms with Gasteiger partial charge in [-0.05, 0) is 52.9 Å². The maximum absolute atomic E-state index is 12.2. The minimum atomic E-state index is -4.94. The molecule has 164 valence electrons. The van der Waals surface area contributed by atoms with Gasteiger partial charge < -0.3 is 25.8 Å². The fourth-order valence-electron chi connectivity index (χ4n) is 2.07. The minimum Gasteiger partial charge on any atom is -0.444 e. The molecule has 0 spiro atoms. The highest BCUT2D eigenvalue weighted by Crippen LogP contribution is 2.14. The summed E-state index contributed by atoms with van der Waals surface area (Å²) >= 11 is 0. The summed E-state index contributed by atoms with van der Waals surface area (Å²) in [5, 5.41) is 15.6. The molecule has 3 amide bonds. The Hall–Kier alpha value is -2.04. The predicted molar refractivity (Wildman–Crippen MR) is 95.4 cm³/mol. The lowest BCUT2D eigenvalue weighted by Gasteiger charge is -2.23. The molecule has 0 rings (SSSR count). The number of carbonyl (C=O) groups is 3. The number of rotatable bonds is 11. The standard InChI is InChI=1S/C17H30F3N3O5/c1-16(2,3)28-15(27)23-12(13(25)21-9-6-7-11-24)8-4-5-10-22-14(26)17(18,19)20/h12,24H,4-11H2,1-3H3,(H,21,25)(H,22,26)(H,23,27). The number of aliphatic hydroxyl groups is 1. The van der Waals surface area contributed by atoms with Gasteiger partial charge in [0.05, 0.1) is 0 Å². The van der Waals surface area contributed by atoms with Gasteiger partial charge in [-0.25, -0.2) is 4.79 Å². The molecule has 0 aromatic carbocycles. The number of carbonyl (C=O) groups excluding carboxylic acids is 3. The summed E-state index contributed by atoms with van der Waals surface area (Å²) in [5.41, 5.74) is -0.756. The fourth-order valence-corrected chi connectivity index (χ4v) is 2.07. The molecule has 0 saturated heterocycles. The summed E-state index contributed by atoms with van der Waals surface area (Å²) in [5.74, 6) is -2.47. The summed E-state index contributed by atoms with van der Waals surface area (Å²) in [6.45, 7) is 5.11. The Morgan fingerprint density at radius 1 is 0.964 bits per heavy atom. The van der Waals surface area contributed by atoms with Crippen LogP contribution >= 0.6 is 0 Å². The Morgan fingerprint density at radius 2 is 1.54 bits per heavy atom. The van der Waals surface area contributed by atoms with E-state index < -0.39 is 35.7 Å². The molecule has 0 aliphatic heterocycles. The van der Waals surface area contributed by atoms with E-state index in [-0.39, 0.29) is 26.0 Å². The zero-order valence-electron chi connectivity index (χ0n) is 16.4. The zero-order valence-corrected chi connectivity index (χ0v) is 16.4. The van der Waals surface area contributed by atoms with Crippen LogP contribution in [0, 0.1) is 0 Å². The van der Waals surface area contributed by atoms with E-state index in [0.29, 0.717) is 25.8 Å². The van der Waals surface area contributed by atoms with Crippen molar-refractivity contribution in [3.8, 4) is 0 Å². The van der Waals surface area contributed by atoms with E-state index in [1.807, 2.05) is 0 Å². The van der Waals surface area contributed by atoms with Gasteiger partial charge in [0.2, 0.25) is 5.91 Å². The molecule has 0 aliphatic rings. The molecule has 0 aliphatic carbocycles. The molecule has 0 aromatic heterocycles. The average Bonchev–Trinajstić information content (AvgIpc) is 2.54. The SMILES string of the molecule is CC(C)(C)OC(=O)NC(CCCCNC(=O)C(F)(F)F)C(=O)NCCCCO. The van der Waals surface area contributed by atoms with E-state index in [1.54, 1.807) is 26.1 Å². The third-order valence-electron chi connectivity index (χ3n) is 3.35.